The van der Waals surface area contributed by atoms with E-state index in [2.05, 4.69) is 99.2 Å². The summed E-state index contributed by atoms with van der Waals surface area (Å²) in [6.45, 7) is 22.3. The summed E-state index contributed by atoms with van der Waals surface area (Å²) in [6, 6.07) is 36.6. The Morgan fingerprint density at radius 1 is 0.463 bits per heavy atom. The number of piperazine rings is 2. The molecule has 6 aromatic heterocycles. The Balaban J connectivity index is 0.382. The number of rotatable bonds is 27. The van der Waals surface area contributed by atoms with Crippen LogP contribution in [0, 0.1) is 41.9 Å². The van der Waals surface area contributed by atoms with Crippen LogP contribution in [-0.4, -0.2) is 266 Å². The third-order valence-corrected chi connectivity index (χ3v) is 35.2. The fraction of sp³-hybridized carbons (Fsp3) is 0.514. The molecule has 11 fully saturated rings. The van der Waals surface area contributed by atoms with Gasteiger partial charge in [0.25, 0.3) is 0 Å². The number of thiazole rings is 2. The van der Waals surface area contributed by atoms with E-state index in [4.69, 9.17) is 30.9 Å². The van der Waals surface area contributed by atoms with Crippen molar-refractivity contribution in [3.05, 3.63) is 167 Å². The number of nitrogens with one attached hydrogen (secondary N) is 4. The zero-order valence-corrected chi connectivity index (χ0v) is 86.6. The van der Waals surface area contributed by atoms with Crippen molar-refractivity contribution in [2.24, 2.45) is 28.1 Å². The van der Waals surface area contributed by atoms with Crippen LogP contribution < -0.4 is 61.8 Å². The number of fused-ring (bicyclic) bond motifs is 4. The molecule has 1 spiro atoms. The van der Waals surface area contributed by atoms with Crippen molar-refractivity contribution in [3.8, 4) is 77.8 Å². The van der Waals surface area contributed by atoms with E-state index in [-0.39, 0.29) is 145 Å². The van der Waals surface area contributed by atoms with Crippen molar-refractivity contribution in [3.63, 3.8) is 0 Å². The molecule has 10 atom stereocenters. The molecule has 34 nitrogen and oxygen atoms in total. The van der Waals surface area contributed by atoms with Crippen molar-refractivity contribution in [2.75, 3.05) is 96.5 Å². The van der Waals surface area contributed by atoms with E-state index in [1.165, 1.54) is 9.80 Å². The number of carbonyl (C=O) groups is 6. The van der Waals surface area contributed by atoms with Gasteiger partial charge in [-0.2, -0.15) is 0 Å². The number of hydrogen-bond acceptors (Lipinski definition) is 30. The van der Waals surface area contributed by atoms with E-state index in [1.807, 2.05) is 170 Å². The van der Waals surface area contributed by atoms with Gasteiger partial charge in [-0.1, -0.05) is 108 Å². The summed E-state index contributed by atoms with van der Waals surface area (Å²) < 4.78 is 13.3. The van der Waals surface area contributed by atoms with Crippen molar-refractivity contribution in [2.45, 2.75) is 269 Å². The summed E-state index contributed by atoms with van der Waals surface area (Å²) in [7, 11) is 0. The molecule has 36 heteroatoms. The number of pyridine rings is 2. The molecule has 10 aromatic rings. The van der Waals surface area contributed by atoms with Crippen LogP contribution in [0.4, 0.5) is 34.4 Å². The lowest BCUT2D eigenvalue weighted by atomic mass is 9.49. The minimum absolute atomic E-state index is 0.00816. The average molecular weight is 2030 g/mol. The van der Waals surface area contributed by atoms with E-state index in [1.54, 1.807) is 34.8 Å². The summed E-state index contributed by atoms with van der Waals surface area (Å²) in [5.41, 5.74) is 28.2. The Bertz CT molecular complexity index is 6470. The quantitative estimate of drug-likeness (QED) is 0.0229. The summed E-state index contributed by atoms with van der Waals surface area (Å²) in [6.07, 6.45) is 16.4. The number of ether oxygens (including phenoxy) is 2. The number of aromatic nitrogens is 8. The lowest BCUT2D eigenvalue weighted by molar-refractivity contribution is -0.150. The standard InChI is InChI=1S/C111H136N22O12S2/c1-63-97(146-61-118-63)67-16-12-65(13-17-67)52-116-105(140)91-44-80(134)59-130(91)107(142)99(109(3,4)5)120-103(138)69-20-23-72(24-21-69)126-38-33-82(34-39-126)144-94-31-29-74(54-115-94)133-77-27-28-78(133)58-129(57-77)90-47-88(123-125-102(90)113)86-42-70(22-30-93(86)136)84-10-9-11-85(96(84)137)87-46-89(101(112)124-122-87)128-55-75-25-26-76(56-128)132(75)73-32-37-114-95(43-73)145-83-35-40-127(41-36-83)79-50-111(51-79)48-71(49-111)104(139)121-100(110(6,7)8)108(143)131-60-81(135)45-92(131)106(141)117-53-66-14-18-68(19-15-66)98-64(2)119-62-147-98/h9-19,22,29-32,37,42-43,46-47,54,61-62,69,71-72,75-83,91-92,99-100,134-137H,20-21,23-28,33-36,38-41,44-45,48-53,55-60H2,1-8H3,(H2,112,124)(H2,113,125)(H,116,140)(H,117,141)(H,120,138)(H,121,139)/t69-,71?,72-,75?,76?,77?,78?,79?,80-,81-,91+,92+,99-,100-,111?/m1/s1. The van der Waals surface area contributed by atoms with Gasteiger partial charge >= 0.3 is 0 Å². The highest BCUT2D eigenvalue weighted by atomic mass is 32.1. The number of nitrogens with two attached hydrogens (primary N) is 2. The maximum Gasteiger partial charge on any atom is 0.246 e. The van der Waals surface area contributed by atoms with Crippen LogP contribution in [0.25, 0.3) is 54.5 Å². The number of anilines is 6. The Hall–Kier alpha value is -12.7. The van der Waals surface area contributed by atoms with Crippen LogP contribution >= 0.6 is 22.7 Å². The average Bonchev–Trinajstić information content (AvgIpc) is 1.30. The van der Waals surface area contributed by atoms with E-state index in [0.717, 1.165) is 182 Å². The molecule has 147 heavy (non-hydrogen) atoms. The number of benzene rings is 4. The number of nitrogen functional groups attached to an aromatic ring is 2. The van der Waals surface area contributed by atoms with E-state index < -0.39 is 47.2 Å². The number of hydrogen-bond donors (Lipinski definition) is 10. The topological polar surface area (TPSA) is 431 Å². The molecule has 12 N–H and O–H groups in total. The first kappa shape index (κ1) is 100. The molecule has 3 aliphatic carbocycles. The molecule has 0 radical (unpaired) electrons. The van der Waals surface area contributed by atoms with Gasteiger partial charge in [0.15, 0.2) is 11.6 Å². The van der Waals surface area contributed by atoms with Gasteiger partial charge in [0.1, 0.15) is 47.9 Å². The van der Waals surface area contributed by atoms with Crippen LogP contribution in [-0.2, 0) is 41.9 Å². The van der Waals surface area contributed by atoms with Crippen molar-refractivity contribution in [1.29, 1.82) is 0 Å². The third kappa shape index (κ3) is 21.1. The van der Waals surface area contributed by atoms with Crippen molar-refractivity contribution >= 4 is 92.5 Å². The fourth-order valence-corrected chi connectivity index (χ4v) is 26.9. The van der Waals surface area contributed by atoms with Crippen LogP contribution in [0.3, 0.4) is 0 Å². The zero-order chi connectivity index (χ0) is 102. The summed E-state index contributed by atoms with van der Waals surface area (Å²) >= 11 is 3.16. The van der Waals surface area contributed by atoms with Gasteiger partial charge in [0, 0.05) is 180 Å². The molecule has 8 saturated heterocycles. The minimum atomic E-state index is -0.895. The number of aliphatic hydroxyl groups excluding tert-OH is 2. The minimum Gasteiger partial charge on any atom is -0.507 e. The van der Waals surface area contributed by atoms with Crippen LogP contribution in [0.15, 0.2) is 145 Å². The summed E-state index contributed by atoms with van der Waals surface area (Å²) in [4.78, 5) is 123. The monoisotopic (exact) mass is 2030 g/mol. The number of carbonyl (C=O) groups excluding carboxylic acids is 6. The SMILES string of the molecule is Cc1ncsc1-c1ccc(CNC(=O)[C@@H]2C[C@@H](O)CN2C(=O)[C@@H](NC(=O)C2CC3(C2)CC(N2CCC(Oc4cc(N5C6CCC5CN(c5cc(-c7cccc(-c8ccc(O)c(-c9cc(N%10CC%11CCC(C%10)N%11c%10ccc(OC%11CCN([C@H]%12CC[C@H](C(=O)N[C@H](C(=O)N%13C[C@H](O)C[C@H]%13C(=O)NCc%13ccc(-c%14scnc%14C)cc%13)C(C)(C)C)CC%12)CC%11)nc%10)c(N)nn9)c8)c7O)nnc5N)C6)ccn4)CC2)C3)C(C)(C)C)cc1. The second-order valence-corrected chi connectivity index (χ2v) is 46.9. The number of likely N-dealkylation sites (tertiary alicyclic amines) is 4. The lowest BCUT2D eigenvalue weighted by Crippen LogP contribution is -2.62. The van der Waals surface area contributed by atoms with Gasteiger partial charge in [-0.3, -0.25) is 28.8 Å². The first-order valence-electron chi connectivity index (χ1n) is 52.6. The summed E-state index contributed by atoms with van der Waals surface area (Å²) in [5, 5.41) is 76.1. The zero-order valence-electron chi connectivity index (χ0n) is 85.0. The van der Waals surface area contributed by atoms with Crippen molar-refractivity contribution < 1.29 is 58.7 Å². The Morgan fingerprint density at radius 3 is 1.41 bits per heavy atom. The lowest BCUT2D eigenvalue weighted by Gasteiger charge is -2.60. The molecule has 6 amide bonds. The van der Waals surface area contributed by atoms with Crippen LogP contribution in [0.2, 0.25) is 0 Å². The Labute approximate surface area is 865 Å². The number of para-hydroxylation sites is 1. The number of amides is 6. The number of phenolic OH excluding ortho intramolecular Hbond substituents is 2. The molecule has 4 bridgehead atoms. The predicted molar refractivity (Wildman–Crippen MR) is 565 cm³/mol. The molecule has 3 saturated carbocycles. The number of aryl methyl sites for hydroxylation is 2. The highest BCUT2D eigenvalue weighted by molar-refractivity contribution is 7.13. The molecular weight excluding hydrogens is 1900 g/mol. The largest absolute Gasteiger partial charge is 0.507 e. The number of nitrogens with zero attached hydrogens (tertiary/aromatic N) is 16. The van der Waals surface area contributed by atoms with Crippen molar-refractivity contribution in [1.82, 2.24) is 81.2 Å². The molecule has 4 aromatic carbocycles. The summed E-state index contributed by atoms with van der Waals surface area (Å²) in [5.74, 6) is -0.367. The maximum absolute atomic E-state index is 14.5. The molecule has 8 aliphatic heterocycles. The first-order chi connectivity index (χ1) is 70.7. The maximum atomic E-state index is 14.5. The second kappa shape index (κ2) is 41.4. The molecule has 4 unspecified atom stereocenters. The van der Waals surface area contributed by atoms with Gasteiger partial charge in [0.2, 0.25) is 47.2 Å². The van der Waals surface area contributed by atoms with Gasteiger partial charge in [-0.25, -0.2) is 19.9 Å². The van der Waals surface area contributed by atoms with Gasteiger partial charge < -0.3 is 102 Å². The number of aromatic hydroxyl groups is 2. The second-order valence-electron chi connectivity index (χ2n) is 45.2. The Morgan fingerprint density at radius 2 is 0.925 bits per heavy atom. The van der Waals surface area contributed by atoms with E-state index >= 15 is 0 Å². The van der Waals surface area contributed by atoms with Crippen LogP contribution in [0.5, 0.6) is 23.3 Å². The van der Waals surface area contributed by atoms with E-state index in [0.29, 0.717) is 102 Å². The normalized spacial score (nSPS) is 25.4. The molecule has 11 aliphatic rings. The predicted octanol–water partition coefficient (Wildman–Crippen LogP) is 12.6. The number of aliphatic hydroxyl groups is 2. The molecular formula is C111H136N22O12S2. The Kier molecular flexibility index (Phi) is 28.2. The number of phenols is 2. The molecule has 14 heterocycles. The number of piperidine rings is 2. The smallest absolute Gasteiger partial charge is 0.246 e. The molecule has 21 rings (SSSR count). The fourth-order valence-electron chi connectivity index (χ4n) is 25.3. The van der Waals surface area contributed by atoms with Gasteiger partial charge in [-0.05, 0) is 203 Å². The first-order valence-corrected chi connectivity index (χ1v) is 54.3. The van der Waals surface area contributed by atoms with E-state index in [9.17, 15) is 49.2 Å². The number of β-amino-alcohol motifs (C(OH)–C–C–N with tert-alkyl or cyclic N) is 2. The van der Waals surface area contributed by atoms with Gasteiger partial charge in [-0.15, -0.1) is 43.1 Å². The highest BCUT2D eigenvalue weighted by Gasteiger charge is 2.58. The van der Waals surface area contributed by atoms with Gasteiger partial charge in [0.05, 0.1) is 79.0 Å². The third-order valence-electron chi connectivity index (χ3n) is 33.3. The highest BCUT2D eigenvalue weighted by Crippen LogP contribution is 2.61. The molecule has 774 valence electrons. The van der Waals surface area contributed by atoms with Crippen LogP contribution in [0.1, 0.15) is 180 Å².